The van der Waals surface area contributed by atoms with E-state index in [-0.39, 0.29) is 70.5 Å². The maximum absolute atomic E-state index is 14.2. The molecule has 1 saturated heterocycles. The number of aliphatic hydroxyl groups excluding tert-OH is 1. The number of amides is 9. The molecule has 0 aliphatic carbocycles. The van der Waals surface area contributed by atoms with Crippen LogP contribution in [0.1, 0.15) is 89.7 Å². The first-order valence-corrected chi connectivity index (χ1v) is 24.2. The molecule has 1 fully saturated rings. The zero-order chi connectivity index (χ0) is 53.8. The van der Waals surface area contributed by atoms with Gasteiger partial charge in [0.1, 0.15) is 42.3 Å². The number of aromatic nitrogens is 2. The van der Waals surface area contributed by atoms with Gasteiger partial charge in [-0.1, -0.05) is 6.42 Å². The van der Waals surface area contributed by atoms with Crippen molar-refractivity contribution in [1.82, 2.24) is 52.1 Å². The van der Waals surface area contributed by atoms with Crippen LogP contribution < -0.4 is 83.1 Å². The molecule has 1 aromatic heterocycles. The number of nitrogens with one attached hydrogen (secondary N) is 8. The first-order chi connectivity index (χ1) is 34.3. The van der Waals surface area contributed by atoms with Crippen molar-refractivity contribution >= 4 is 59.1 Å². The molecule has 0 bridgehead atoms. The van der Waals surface area contributed by atoms with Gasteiger partial charge in [0, 0.05) is 37.9 Å². The molecule has 2 heterocycles. The van der Waals surface area contributed by atoms with Crippen LogP contribution in [0.25, 0.3) is 0 Å². The van der Waals surface area contributed by atoms with Crippen molar-refractivity contribution in [2.75, 3.05) is 45.8 Å². The molecule has 0 aromatic carbocycles. The van der Waals surface area contributed by atoms with Crippen molar-refractivity contribution in [2.45, 2.75) is 145 Å². The SMILES string of the molecule is C[C@H](NC(=O)[C@@H](NC(=O)C(N)CCCCN)[C@@H](O)CN)C(=O)NCC(=O)N[C@H](CCCN)C(=O)N1CCC[C@H]1C(=O)N[C@@H](Cc1cnc[nH]1)C(=O)N[C@@H](CCCCN)C(=O)N[C@H](CCCN=C(N)N)C(N)=O. The van der Waals surface area contributed by atoms with Crippen LogP contribution in [0.4, 0.5) is 0 Å². The number of imidazole rings is 1. The van der Waals surface area contributed by atoms with Gasteiger partial charge in [0.25, 0.3) is 0 Å². The van der Waals surface area contributed by atoms with Crippen LogP contribution >= 0.6 is 0 Å². The minimum Gasteiger partial charge on any atom is -0.389 e. The molecule has 1 aliphatic rings. The van der Waals surface area contributed by atoms with Gasteiger partial charge in [0.05, 0.1) is 25.0 Å². The van der Waals surface area contributed by atoms with Gasteiger partial charge in [-0.2, -0.15) is 0 Å². The van der Waals surface area contributed by atoms with Crippen molar-refractivity contribution in [1.29, 1.82) is 0 Å². The molecular weight excluding hydrogens is 943 g/mol. The van der Waals surface area contributed by atoms with Gasteiger partial charge in [-0.15, -0.1) is 0 Å². The second-order valence-corrected chi connectivity index (χ2v) is 17.5. The van der Waals surface area contributed by atoms with Gasteiger partial charge in [-0.05, 0) is 97.2 Å². The molecule has 0 spiro atoms. The molecule has 1 unspecified atom stereocenters. The number of H-pyrrole nitrogens is 1. The molecule has 0 saturated carbocycles. The Kier molecular flexibility index (Phi) is 28.4. The highest BCUT2D eigenvalue weighted by Gasteiger charge is 2.40. The Bertz CT molecular complexity index is 1940. The number of hydrogen-bond donors (Lipinski definition) is 17. The van der Waals surface area contributed by atoms with E-state index in [1.165, 1.54) is 24.3 Å². The van der Waals surface area contributed by atoms with E-state index in [1.54, 1.807) is 0 Å². The lowest BCUT2D eigenvalue weighted by atomic mass is 10.0. The third-order valence-electron chi connectivity index (χ3n) is 11.7. The number of likely N-dealkylation sites (tertiary alicyclic amines) is 1. The highest BCUT2D eigenvalue weighted by molar-refractivity contribution is 5.98. The van der Waals surface area contributed by atoms with Crippen molar-refractivity contribution in [2.24, 2.45) is 50.9 Å². The number of guanidine groups is 1. The first-order valence-electron chi connectivity index (χ1n) is 24.2. The number of aliphatic hydroxyl groups is 1. The molecule has 406 valence electrons. The molecule has 1 aliphatic heterocycles. The maximum Gasteiger partial charge on any atom is 0.245 e. The van der Waals surface area contributed by atoms with Gasteiger partial charge in [-0.3, -0.25) is 48.1 Å². The quantitative estimate of drug-likeness (QED) is 0.0171. The van der Waals surface area contributed by atoms with E-state index < -0.39 is 121 Å². The average molecular weight is 1020 g/mol. The largest absolute Gasteiger partial charge is 0.389 e. The Morgan fingerprint density at radius 2 is 1.36 bits per heavy atom. The standard InChI is InChI=1S/C43H79N19O10/c1-24(56-41(71)34(32(63)20-47)61-37(67)26(48)9-2-4-14-44)36(66)54-22-33(64)57-29(11-6-16-46)42(72)62-18-8-13-31(62)40(70)60-30(19-25-21-52-23-55-25)39(69)59-28(10-3-5-15-45)38(68)58-27(35(49)65)12-7-17-53-43(50)51/h21,23-24,26-32,34,63H,2-20,22,44-48H2,1H3,(H2,49,65)(H,52,55)(H,54,66)(H,56,71)(H,57,64)(H,58,68)(H,59,69)(H,60,70)(H,61,67)(H4,50,51,53)/t24-,26?,27+,28-,29+,30-,31-,32-,34-/m0/s1. The molecule has 29 heteroatoms. The molecule has 9 amide bonds. The number of unbranched alkanes of at least 4 members (excludes halogenated alkanes) is 2. The molecule has 29 nitrogen and oxygen atoms in total. The average Bonchev–Trinajstić information content (AvgIpc) is 4.06. The molecular formula is C43H79N19O10. The molecule has 9 atom stereocenters. The second kappa shape index (κ2) is 33.2. The predicted octanol–water partition coefficient (Wildman–Crippen LogP) is -7.83. The topological polar surface area (TPSA) is 511 Å². The smallest absolute Gasteiger partial charge is 0.245 e. The summed E-state index contributed by atoms with van der Waals surface area (Å²) in [6.07, 6.45) is 5.03. The summed E-state index contributed by atoms with van der Waals surface area (Å²) in [6, 6.07) is -9.73. The number of nitrogens with zero attached hydrogens (tertiary/aromatic N) is 3. The van der Waals surface area contributed by atoms with Crippen LogP contribution in [0.5, 0.6) is 0 Å². The zero-order valence-corrected chi connectivity index (χ0v) is 41.1. The van der Waals surface area contributed by atoms with E-state index in [4.69, 9.17) is 45.9 Å². The Balaban J connectivity index is 2.18. The van der Waals surface area contributed by atoms with E-state index in [0.717, 1.165) is 0 Å². The van der Waals surface area contributed by atoms with Crippen molar-refractivity contribution < 1.29 is 48.3 Å². The van der Waals surface area contributed by atoms with Gasteiger partial charge < -0.3 is 98.1 Å². The number of primary amides is 1. The van der Waals surface area contributed by atoms with Crippen LogP contribution in [0.15, 0.2) is 17.5 Å². The van der Waals surface area contributed by atoms with Crippen LogP contribution in [0.3, 0.4) is 0 Å². The Morgan fingerprint density at radius 3 is 1.97 bits per heavy atom. The van der Waals surface area contributed by atoms with Crippen LogP contribution in [0.2, 0.25) is 0 Å². The van der Waals surface area contributed by atoms with Crippen LogP contribution in [-0.2, 0) is 49.6 Å². The van der Waals surface area contributed by atoms with Gasteiger partial charge in [-0.25, -0.2) is 4.98 Å². The Hall–Kier alpha value is -6.53. The summed E-state index contributed by atoms with van der Waals surface area (Å²) in [5, 5.41) is 28.1. The van der Waals surface area contributed by atoms with Gasteiger partial charge in [0.2, 0.25) is 53.2 Å². The van der Waals surface area contributed by atoms with Crippen LogP contribution in [0, 0.1) is 0 Å². The number of carbonyl (C=O) groups is 9. The number of aliphatic imine (C=N–C) groups is 1. The maximum atomic E-state index is 14.2. The van der Waals surface area contributed by atoms with Gasteiger partial charge >= 0.3 is 0 Å². The number of hydrogen-bond acceptors (Lipinski definition) is 17. The second-order valence-electron chi connectivity index (χ2n) is 17.5. The van der Waals surface area contributed by atoms with Crippen molar-refractivity contribution in [3.63, 3.8) is 0 Å². The monoisotopic (exact) mass is 1020 g/mol. The fraction of sp³-hybridized carbons (Fsp3) is 0.698. The summed E-state index contributed by atoms with van der Waals surface area (Å²) in [4.78, 5) is 132. The summed E-state index contributed by atoms with van der Waals surface area (Å²) < 4.78 is 0. The number of carbonyl (C=O) groups excluding carboxylic acids is 9. The van der Waals surface area contributed by atoms with E-state index in [0.29, 0.717) is 57.3 Å². The molecule has 2 rings (SSSR count). The summed E-state index contributed by atoms with van der Waals surface area (Å²) in [6.45, 7) is 1.40. The highest BCUT2D eigenvalue weighted by Crippen LogP contribution is 2.20. The summed E-state index contributed by atoms with van der Waals surface area (Å²) in [5.74, 6) is -7.03. The lowest BCUT2D eigenvalue weighted by Crippen LogP contribution is -2.60. The molecule has 1 aromatic rings. The number of aromatic amines is 1. The fourth-order valence-electron chi connectivity index (χ4n) is 7.58. The Morgan fingerprint density at radius 1 is 0.736 bits per heavy atom. The normalized spacial score (nSPS) is 16.5. The third-order valence-corrected chi connectivity index (χ3v) is 11.7. The van der Waals surface area contributed by atoms with Crippen molar-refractivity contribution in [3.05, 3.63) is 18.2 Å². The van der Waals surface area contributed by atoms with E-state index in [2.05, 4.69) is 52.2 Å². The summed E-state index contributed by atoms with van der Waals surface area (Å²) in [5.41, 5.74) is 45.2. The molecule has 72 heavy (non-hydrogen) atoms. The predicted molar refractivity (Wildman–Crippen MR) is 264 cm³/mol. The fourth-order valence-corrected chi connectivity index (χ4v) is 7.58. The zero-order valence-electron chi connectivity index (χ0n) is 41.1. The van der Waals surface area contributed by atoms with Gasteiger partial charge in [0.15, 0.2) is 5.96 Å². The lowest BCUT2D eigenvalue weighted by molar-refractivity contribution is -0.142. The minimum absolute atomic E-state index is 0.0604. The molecule has 25 N–H and O–H groups in total. The lowest BCUT2D eigenvalue weighted by Gasteiger charge is -2.30. The Labute approximate surface area is 418 Å². The number of nitrogens with two attached hydrogens (primary N) is 8. The van der Waals surface area contributed by atoms with E-state index in [1.807, 2.05) is 0 Å². The van der Waals surface area contributed by atoms with E-state index in [9.17, 15) is 48.3 Å². The van der Waals surface area contributed by atoms with E-state index >= 15 is 0 Å². The van der Waals surface area contributed by atoms with Crippen LogP contribution in [-0.4, -0.2) is 179 Å². The third kappa shape index (κ3) is 21.9. The highest BCUT2D eigenvalue weighted by atomic mass is 16.3. The number of rotatable bonds is 35. The first kappa shape index (κ1) is 61.6. The van der Waals surface area contributed by atoms with Crippen molar-refractivity contribution in [3.8, 4) is 0 Å². The summed E-state index contributed by atoms with van der Waals surface area (Å²) >= 11 is 0. The minimum atomic E-state index is -1.56. The summed E-state index contributed by atoms with van der Waals surface area (Å²) in [7, 11) is 0. The molecule has 0 radical (unpaired) electrons.